The number of hydrogen-bond acceptors (Lipinski definition) is 5. The van der Waals surface area contributed by atoms with Gasteiger partial charge < -0.3 is 10.0 Å². The standard InChI is InChI=1S/C15H24N4O5S/c1-8-6-19(7-12(8)15(21)22)14(20)10(3)17-25(23,24)13-9(2)16-18(5)11(13)4/h8,10,12,17H,6-7H2,1-5H3,(H,21,22)/t8-,10?,12-/m1/s1. The highest BCUT2D eigenvalue weighted by Gasteiger charge is 2.39. The molecule has 0 bridgehead atoms. The first kappa shape index (κ1) is 19.4. The summed E-state index contributed by atoms with van der Waals surface area (Å²) in [5, 5.41) is 13.2. The highest BCUT2D eigenvalue weighted by molar-refractivity contribution is 7.89. The third kappa shape index (κ3) is 3.69. The van der Waals surface area contributed by atoms with Crippen LogP contribution in [0, 0.1) is 25.7 Å². The van der Waals surface area contributed by atoms with Crippen LogP contribution >= 0.6 is 0 Å². The summed E-state index contributed by atoms with van der Waals surface area (Å²) in [7, 11) is -2.27. The number of sulfonamides is 1. The molecule has 0 aliphatic carbocycles. The van der Waals surface area contributed by atoms with Crippen LogP contribution in [0.25, 0.3) is 0 Å². The number of nitrogens with one attached hydrogen (secondary N) is 1. The number of aryl methyl sites for hydroxylation is 2. The number of carbonyl (C=O) groups is 2. The normalized spacial score (nSPS) is 22.2. The Morgan fingerprint density at radius 1 is 1.32 bits per heavy atom. The maximum atomic E-state index is 12.6. The van der Waals surface area contributed by atoms with E-state index in [-0.39, 0.29) is 17.4 Å². The van der Waals surface area contributed by atoms with Gasteiger partial charge in [0.15, 0.2) is 0 Å². The van der Waals surface area contributed by atoms with Crippen LogP contribution in [-0.2, 0) is 26.7 Å². The molecule has 1 aromatic heterocycles. The van der Waals surface area contributed by atoms with Gasteiger partial charge >= 0.3 is 5.97 Å². The second-order valence-electron chi connectivity index (χ2n) is 6.63. The Morgan fingerprint density at radius 3 is 2.36 bits per heavy atom. The van der Waals surface area contributed by atoms with Crippen LogP contribution in [0.4, 0.5) is 0 Å². The van der Waals surface area contributed by atoms with Crippen LogP contribution in [0.15, 0.2) is 4.90 Å². The van der Waals surface area contributed by atoms with Gasteiger partial charge in [-0.15, -0.1) is 0 Å². The lowest BCUT2D eigenvalue weighted by atomic mass is 9.99. The first-order chi connectivity index (χ1) is 11.5. The Bertz CT molecular complexity index is 801. The van der Waals surface area contributed by atoms with E-state index in [9.17, 15) is 18.0 Å². The molecule has 9 nitrogen and oxygen atoms in total. The summed E-state index contributed by atoms with van der Waals surface area (Å²) in [6, 6.07) is -0.997. The fourth-order valence-electron chi connectivity index (χ4n) is 3.23. The Morgan fingerprint density at radius 2 is 1.92 bits per heavy atom. The van der Waals surface area contributed by atoms with Gasteiger partial charge in [0.25, 0.3) is 0 Å². The molecular formula is C15H24N4O5S. The number of carboxylic acids is 1. The second kappa shape index (κ2) is 6.75. The molecule has 3 atom stereocenters. The molecule has 25 heavy (non-hydrogen) atoms. The summed E-state index contributed by atoms with van der Waals surface area (Å²) in [5.41, 5.74) is 0.832. The van der Waals surface area contributed by atoms with E-state index in [0.29, 0.717) is 17.9 Å². The Hall–Kier alpha value is -1.94. The lowest BCUT2D eigenvalue weighted by Gasteiger charge is -2.21. The van der Waals surface area contributed by atoms with Crippen molar-refractivity contribution >= 4 is 21.9 Å². The number of carboxylic acid groups (broad SMARTS) is 1. The molecule has 140 valence electrons. The zero-order valence-corrected chi connectivity index (χ0v) is 15.8. The first-order valence-electron chi connectivity index (χ1n) is 7.99. The summed E-state index contributed by atoms with van der Waals surface area (Å²) in [5.74, 6) is -2.18. The van der Waals surface area contributed by atoms with Gasteiger partial charge in [0.1, 0.15) is 4.90 Å². The van der Waals surface area contributed by atoms with Crippen molar-refractivity contribution in [3.05, 3.63) is 11.4 Å². The van der Waals surface area contributed by atoms with Gasteiger partial charge in [0, 0.05) is 20.1 Å². The average Bonchev–Trinajstić information content (AvgIpc) is 2.98. The quantitative estimate of drug-likeness (QED) is 0.743. The van der Waals surface area contributed by atoms with Crippen molar-refractivity contribution in [2.24, 2.45) is 18.9 Å². The summed E-state index contributed by atoms with van der Waals surface area (Å²) >= 11 is 0. The molecule has 1 aliphatic rings. The molecule has 0 spiro atoms. The van der Waals surface area contributed by atoms with Crippen LogP contribution in [0.5, 0.6) is 0 Å². The van der Waals surface area contributed by atoms with Crippen molar-refractivity contribution in [1.82, 2.24) is 19.4 Å². The predicted octanol–water partition coefficient (Wildman–Crippen LogP) is -0.117. The van der Waals surface area contributed by atoms with E-state index in [1.807, 2.05) is 0 Å². The Kier molecular flexibility index (Phi) is 5.24. The molecule has 2 N–H and O–H groups in total. The van der Waals surface area contributed by atoms with E-state index in [4.69, 9.17) is 5.11 Å². The van der Waals surface area contributed by atoms with E-state index in [1.54, 1.807) is 27.8 Å². The average molecular weight is 372 g/mol. The SMILES string of the molecule is Cc1nn(C)c(C)c1S(=O)(=O)NC(C)C(=O)N1C[C@@H](C)[C@H](C(=O)O)C1. The Balaban J connectivity index is 2.15. The van der Waals surface area contributed by atoms with E-state index in [2.05, 4.69) is 9.82 Å². The number of rotatable bonds is 5. The number of amides is 1. The van der Waals surface area contributed by atoms with Gasteiger partial charge in [-0.2, -0.15) is 9.82 Å². The van der Waals surface area contributed by atoms with E-state index in [0.717, 1.165) is 0 Å². The summed E-state index contributed by atoms with van der Waals surface area (Å²) < 4.78 is 29.1. The molecule has 1 saturated heterocycles. The van der Waals surface area contributed by atoms with Gasteiger partial charge in [0.05, 0.1) is 23.3 Å². The maximum absolute atomic E-state index is 12.6. The smallest absolute Gasteiger partial charge is 0.308 e. The topological polar surface area (TPSA) is 122 Å². The summed E-state index contributed by atoms with van der Waals surface area (Å²) in [4.78, 5) is 25.2. The van der Waals surface area contributed by atoms with Crippen molar-refractivity contribution in [2.75, 3.05) is 13.1 Å². The number of aromatic nitrogens is 2. The molecular weight excluding hydrogens is 348 g/mol. The zero-order chi connectivity index (χ0) is 19.1. The van der Waals surface area contributed by atoms with Crippen LogP contribution in [0.3, 0.4) is 0 Å². The zero-order valence-electron chi connectivity index (χ0n) is 15.0. The van der Waals surface area contributed by atoms with Gasteiger partial charge in [-0.3, -0.25) is 14.3 Å². The molecule has 1 fully saturated rings. The van der Waals surface area contributed by atoms with Crippen molar-refractivity contribution in [3.8, 4) is 0 Å². The van der Waals surface area contributed by atoms with Crippen molar-refractivity contribution < 1.29 is 23.1 Å². The molecule has 2 rings (SSSR count). The highest BCUT2D eigenvalue weighted by atomic mass is 32.2. The number of likely N-dealkylation sites (tertiary alicyclic amines) is 1. The van der Waals surface area contributed by atoms with Crippen LogP contribution in [0.1, 0.15) is 25.2 Å². The molecule has 1 aliphatic heterocycles. The van der Waals surface area contributed by atoms with Gasteiger partial charge in [-0.25, -0.2) is 8.42 Å². The minimum absolute atomic E-state index is 0.0628. The van der Waals surface area contributed by atoms with Gasteiger partial charge in [-0.1, -0.05) is 6.92 Å². The second-order valence-corrected chi connectivity index (χ2v) is 8.28. The highest BCUT2D eigenvalue weighted by Crippen LogP contribution is 2.24. The molecule has 0 aromatic carbocycles. The van der Waals surface area contributed by atoms with Gasteiger partial charge in [-0.05, 0) is 26.7 Å². The third-order valence-electron chi connectivity index (χ3n) is 4.65. The van der Waals surface area contributed by atoms with Crippen molar-refractivity contribution in [1.29, 1.82) is 0 Å². The molecule has 0 saturated carbocycles. The lowest BCUT2D eigenvalue weighted by molar-refractivity contribution is -0.142. The predicted molar refractivity (Wildman–Crippen MR) is 89.3 cm³/mol. The van der Waals surface area contributed by atoms with E-state index >= 15 is 0 Å². The number of aliphatic carboxylic acids is 1. The third-order valence-corrected chi connectivity index (χ3v) is 6.45. The lowest BCUT2D eigenvalue weighted by Crippen LogP contribution is -2.46. The first-order valence-corrected chi connectivity index (χ1v) is 9.48. The monoisotopic (exact) mass is 372 g/mol. The number of nitrogens with zero attached hydrogens (tertiary/aromatic N) is 3. The molecule has 1 unspecified atom stereocenters. The number of hydrogen-bond donors (Lipinski definition) is 2. The van der Waals surface area contributed by atoms with E-state index in [1.165, 1.54) is 16.5 Å². The molecule has 1 amide bonds. The summed E-state index contributed by atoms with van der Waals surface area (Å²) in [6.07, 6.45) is 0. The van der Waals surface area contributed by atoms with E-state index < -0.39 is 33.9 Å². The van der Waals surface area contributed by atoms with Crippen LogP contribution in [-0.4, -0.2) is 59.2 Å². The van der Waals surface area contributed by atoms with Crippen molar-refractivity contribution in [2.45, 2.75) is 38.6 Å². The van der Waals surface area contributed by atoms with Crippen LogP contribution in [0.2, 0.25) is 0 Å². The largest absolute Gasteiger partial charge is 0.481 e. The maximum Gasteiger partial charge on any atom is 0.308 e. The minimum atomic E-state index is -3.92. The molecule has 0 radical (unpaired) electrons. The molecule has 10 heteroatoms. The Labute approximate surface area is 147 Å². The number of carbonyl (C=O) groups excluding carboxylic acids is 1. The fourth-order valence-corrected chi connectivity index (χ4v) is 4.86. The van der Waals surface area contributed by atoms with Crippen LogP contribution < -0.4 is 4.72 Å². The minimum Gasteiger partial charge on any atom is -0.481 e. The van der Waals surface area contributed by atoms with Gasteiger partial charge in [0.2, 0.25) is 15.9 Å². The molecule has 1 aromatic rings. The summed E-state index contributed by atoms with van der Waals surface area (Å²) in [6.45, 7) is 6.84. The van der Waals surface area contributed by atoms with Crippen molar-refractivity contribution in [3.63, 3.8) is 0 Å². The molecule has 2 heterocycles. The fraction of sp³-hybridized carbons (Fsp3) is 0.667.